The van der Waals surface area contributed by atoms with E-state index in [0.717, 1.165) is 16.9 Å². The van der Waals surface area contributed by atoms with E-state index < -0.39 is 5.54 Å². The SMILES string of the molecule is Cc1cc2c(cc1C)N(CC#N)C(=O)C(C)(C)N2. The highest BCUT2D eigenvalue weighted by molar-refractivity contribution is 6.07. The van der Waals surface area contributed by atoms with Crippen LogP contribution in [0.4, 0.5) is 11.4 Å². The molecule has 0 bridgehead atoms. The summed E-state index contributed by atoms with van der Waals surface area (Å²) in [6, 6.07) is 6.05. The molecular weight excluding hydrogens is 226 g/mol. The van der Waals surface area contributed by atoms with Gasteiger partial charge in [0.2, 0.25) is 0 Å². The van der Waals surface area contributed by atoms with Gasteiger partial charge in [0.05, 0.1) is 17.4 Å². The first-order valence-corrected chi connectivity index (χ1v) is 5.95. The topological polar surface area (TPSA) is 56.1 Å². The van der Waals surface area contributed by atoms with E-state index in [1.165, 1.54) is 5.56 Å². The molecule has 0 radical (unpaired) electrons. The van der Waals surface area contributed by atoms with Gasteiger partial charge in [0.1, 0.15) is 12.1 Å². The van der Waals surface area contributed by atoms with Gasteiger partial charge in [0, 0.05) is 0 Å². The average molecular weight is 243 g/mol. The Bertz CT molecular complexity index is 555. The fraction of sp³-hybridized carbons (Fsp3) is 0.429. The quantitative estimate of drug-likeness (QED) is 0.770. The van der Waals surface area contributed by atoms with Crippen LogP contribution in [-0.2, 0) is 4.79 Å². The first kappa shape index (κ1) is 12.4. The van der Waals surface area contributed by atoms with Crippen LogP contribution < -0.4 is 10.2 Å². The molecule has 2 rings (SSSR count). The van der Waals surface area contributed by atoms with E-state index in [2.05, 4.69) is 11.4 Å². The molecule has 4 heteroatoms. The standard InChI is InChI=1S/C14H17N3O/c1-9-7-11-12(8-10(9)2)17(6-5-15)13(18)14(3,4)16-11/h7-8,16H,6H2,1-4H3. The summed E-state index contributed by atoms with van der Waals surface area (Å²) in [7, 11) is 0. The normalized spacial score (nSPS) is 16.8. The lowest BCUT2D eigenvalue weighted by Crippen LogP contribution is -2.54. The number of rotatable bonds is 1. The molecule has 1 amide bonds. The molecule has 0 aromatic heterocycles. The molecule has 0 aliphatic carbocycles. The zero-order valence-corrected chi connectivity index (χ0v) is 11.2. The second-order valence-electron chi connectivity index (χ2n) is 5.25. The number of benzene rings is 1. The number of aryl methyl sites for hydroxylation is 2. The van der Waals surface area contributed by atoms with Crippen molar-refractivity contribution in [3.63, 3.8) is 0 Å². The summed E-state index contributed by atoms with van der Waals surface area (Å²) in [6.07, 6.45) is 0. The third-order valence-electron chi connectivity index (χ3n) is 3.36. The molecule has 1 aromatic rings. The van der Waals surface area contributed by atoms with E-state index in [-0.39, 0.29) is 12.5 Å². The first-order valence-electron chi connectivity index (χ1n) is 5.95. The van der Waals surface area contributed by atoms with Crippen molar-refractivity contribution in [1.29, 1.82) is 5.26 Å². The van der Waals surface area contributed by atoms with Crippen molar-refractivity contribution in [3.05, 3.63) is 23.3 Å². The lowest BCUT2D eigenvalue weighted by Gasteiger charge is -2.39. The Morgan fingerprint density at radius 3 is 2.56 bits per heavy atom. The summed E-state index contributed by atoms with van der Waals surface area (Å²) in [5, 5.41) is 12.1. The number of nitrogens with zero attached hydrogens (tertiary/aromatic N) is 2. The Kier molecular flexibility index (Phi) is 2.78. The lowest BCUT2D eigenvalue weighted by molar-refractivity contribution is -0.122. The zero-order valence-electron chi connectivity index (χ0n) is 11.2. The van der Waals surface area contributed by atoms with E-state index in [9.17, 15) is 4.79 Å². The Labute approximate surface area is 107 Å². The van der Waals surface area contributed by atoms with Crippen LogP contribution in [0.2, 0.25) is 0 Å². The molecular formula is C14H17N3O. The summed E-state index contributed by atoms with van der Waals surface area (Å²) in [6.45, 7) is 7.79. The number of fused-ring (bicyclic) bond motifs is 1. The van der Waals surface area contributed by atoms with E-state index in [1.54, 1.807) is 4.90 Å². The monoisotopic (exact) mass is 243 g/mol. The summed E-state index contributed by atoms with van der Waals surface area (Å²) >= 11 is 0. The third-order valence-corrected chi connectivity index (χ3v) is 3.36. The summed E-state index contributed by atoms with van der Waals surface area (Å²) in [5.74, 6) is -0.0696. The van der Waals surface area contributed by atoms with E-state index in [4.69, 9.17) is 5.26 Å². The summed E-state index contributed by atoms with van der Waals surface area (Å²) < 4.78 is 0. The Morgan fingerprint density at radius 2 is 1.94 bits per heavy atom. The van der Waals surface area contributed by atoms with Crippen molar-refractivity contribution in [1.82, 2.24) is 0 Å². The third kappa shape index (κ3) is 1.82. The van der Waals surface area contributed by atoms with E-state index >= 15 is 0 Å². The molecule has 0 saturated heterocycles. The summed E-state index contributed by atoms with van der Waals surface area (Å²) in [4.78, 5) is 13.9. The molecule has 1 aliphatic rings. The van der Waals surface area contributed by atoms with Crippen LogP contribution in [0.1, 0.15) is 25.0 Å². The van der Waals surface area contributed by atoms with Crippen LogP contribution >= 0.6 is 0 Å². The largest absolute Gasteiger partial charge is 0.370 e. The maximum atomic E-state index is 12.3. The second kappa shape index (κ2) is 4.02. The minimum absolute atomic E-state index is 0.0696. The number of carbonyl (C=O) groups is 1. The predicted octanol–water partition coefficient (Wildman–Crippen LogP) is 2.36. The number of amides is 1. The molecule has 0 saturated carbocycles. The first-order chi connectivity index (χ1) is 8.36. The van der Waals surface area contributed by atoms with Gasteiger partial charge in [-0.15, -0.1) is 0 Å². The molecule has 1 N–H and O–H groups in total. The molecule has 1 aliphatic heterocycles. The molecule has 0 fully saturated rings. The Hall–Kier alpha value is -2.02. The predicted molar refractivity (Wildman–Crippen MR) is 71.6 cm³/mol. The van der Waals surface area contributed by atoms with Gasteiger partial charge in [-0.2, -0.15) is 5.26 Å². The van der Waals surface area contributed by atoms with Crippen LogP contribution in [0.15, 0.2) is 12.1 Å². The fourth-order valence-electron chi connectivity index (χ4n) is 2.19. The smallest absolute Gasteiger partial charge is 0.253 e. The molecule has 1 aromatic carbocycles. The van der Waals surface area contributed by atoms with Gasteiger partial charge in [-0.1, -0.05) is 0 Å². The highest BCUT2D eigenvalue weighted by Gasteiger charge is 2.38. The number of hydrogen-bond donors (Lipinski definition) is 1. The van der Waals surface area contributed by atoms with Gasteiger partial charge in [-0.05, 0) is 51.0 Å². The fourth-order valence-corrected chi connectivity index (χ4v) is 2.19. The Balaban J connectivity index is 2.60. The van der Waals surface area contributed by atoms with Gasteiger partial charge < -0.3 is 5.32 Å². The van der Waals surface area contributed by atoms with Gasteiger partial charge in [0.25, 0.3) is 5.91 Å². The van der Waals surface area contributed by atoms with Crippen LogP contribution in [0.3, 0.4) is 0 Å². The molecule has 0 atom stereocenters. The van der Waals surface area contributed by atoms with Crippen LogP contribution in [0.5, 0.6) is 0 Å². The lowest BCUT2D eigenvalue weighted by atomic mass is 9.96. The van der Waals surface area contributed by atoms with Crippen LogP contribution in [0.25, 0.3) is 0 Å². The van der Waals surface area contributed by atoms with Crippen molar-refractivity contribution in [2.45, 2.75) is 33.2 Å². The maximum Gasteiger partial charge on any atom is 0.253 e. The van der Waals surface area contributed by atoms with E-state index in [0.29, 0.717) is 0 Å². The van der Waals surface area contributed by atoms with Crippen LogP contribution in [-0.4, -0.2) is 18.0 Å². The minimum Gasteiger partial charge on any atom is -0.370 e. The van der Waals surface area contributed by atoms with Gasteiger partial charge in [-0.25, -0.2) is 0 Å². The number of anilines is 2. The average Bonchev–Trinajstić information content (AvgIpc) is 2.28. The second-order valence-corrected chi connectivity index (χ2v) is 5.25. The van der Waals surface area contributed by atoms with Crippen LogP contribution in [0, 0.1) is 25.2 Å². The molecule has 0 unspecified atom stereocenters. The van der Waals surface area contributed by atoms with E-state index in [1.807, 2.05) is 39.8 Å². The molecule has 94 valence electrons. The highest BCUT2D eigenvalue weighted by atomic mass is 16.2. The number of carbonyl (C=O) groups excluding carboxylic acids is 1. The van der Waals surface area contributed by atoms with Crippen molar-refractivity contribution in [3.8, 4) is 6.07 Å². The van der Waals surface area contributed by atoms with Gasteiger partial charge in [0.15, 0.2) is 0 Å². The zero-order chi connectivity index (χ0) is 13.5. The van der Waals surface area contributed by atoms with Gasteiger partial charge in [-0.3, -0.25) is 9.69 Å². The maximum absolute atomic E-state index is 12.3. The minimum atomic E-state index is -0.675. The molecule has 0 spiro atoms. The molecule has 1 heterocycles. The molecule has 4 nitrogen and oxygen atoms in total. The van der Waals surface area contributed by atoms with Crippen molar-refractivity contribution in [2.75, 3.05) is 16.8 Å². The Morgan fingerprint density at radius 1 is 1.33 bits per heavy atom. The highest BCUT2D eigenvalue weighted by Crippen LogP contribution is 2.36. The summed E-state index contributed by atoms with van der Waals surface area (Å²) in [5.41, 5.74) is 3.32. The van der Waals surface area contributed by atoms with Crippen molar-refractivity contribution in [2.24, 2.45) is 0 Å². The number of nitriles is 1. The number of nitrogens with one attached hydrogen (secondary N) is 1. The molecule has 18 heavy (non-hydrogen) atoms. The number of hydrogen-bond acceptors (Lipinski definition) is 3. The van der Waals surface area contributed by atoms with Crippen molar-refractivity contribution < 1.29 is 4.79 Å². The van der Waals surface area contributed by atoms with Crippen molar-refractivity contribution >= 4 is 17.3 Å². The van der Waals surface area contributed by atoms with Gasteiger partial charge >= 0.3 is 0 Å².